The van der Waals surface area contributed by atoms with Crippen LogP contribution in [0.2, 0.25) is 0 Å². The van der Waals surface area contributed by atoms with Gasteiger partial charge in [-0.3, -0.25) is 9.59 Å². The summed E-state index contributed by atoms with van der Waals surface area (Å²) < 4.78 is 0. The molecule has 0 spiro atoms. The largest absolute Gasteiger partial charge is 0.480 e. The molecule has 0 heterocycles. The van der Waals surface area contributed by atoms with Gasteiger partial charge in [0.2, 0.25) is 5.91 Å². The van der Waals surface area contributed by atoms with Gasteiger partial charge in [-0.05, 0) is 25.2 Å². The summed E-state index contributed by atoms with van der Waals surface area (Å²) in [6.07, 6.45) is 12.1. The zero-order valence-corrected chi connectivity index (χ0v) is 12.4. The van der Waals surface area contributed by atoms with E-state index in [0.29, 0.717) is 12.3 Å². The van der Waals surface area contributed by atoms with Gasteiger partial charge in [-0.1, -0.05) is 44.9 Å². The number of hydrogen-bond acceptors (Lipinski definition) is 2. The Labute approximate surface area is 121 Å². The molecule has 2 fully saturated rings. The van der Waals surface area contributed by atoms with Gasteiger partial charge in [-0.25, -0.2) is 0 Å². The number of carbonyl (C=O) groups excluding carboxylic acids is 1. The number of hydrogen-bond donors (Lipinski definition) is 1. The summed E-state index contributed by atoms with van der Waals surface area (Å²) in [5.41, 5.74) is 0. The Kier molecular flexibility index (Phi) is 5.86. The Morgan fingerprint density at radius 3 is 2.15 bits per heavy atom. The Morgan fingerprint density at radius 2 is 1.55 bits per heavy atom. The van der Waals surface area contributed by atoms with E-state index in [0.717, 1.165) is 32.1 Å². The van der Waals surface area contributed by atoms with E-state index in [2.05, 4.69) is 0 Å². The molecule has 0 aromatic rings. The highest BCUT2D eigenvalue weighted by Crippen LogP contribution is 2.29. The van der Waals surface area contributed by atoms with Crippen LogP contribution in [0, 0.1) is 5.92 Å². The van der Waals surface area contributed by atoms with E-state index in [4.69, 9.17) is 5.11 Å². The lowest BCUT2D eigenvalue weighted by Crippen LogP contribution is -2.42. The summed E-state index contributed by atoms with van der Waals surface area (Å²) in [6, 6.07) is 0.171. The molecular weight excluding hydrogens is 254 g/mol. The van der Waals surface area contributed by atoms with E-state index < -0.39 is 5.97 Å². The maximum absolute atomic E-state index is 12.4. The number of aliphatic carboxylic acids is 1. The van der Waals surface area contributed by atoms with E-state index in [1.54, 1.807) is 4.90 Å². The molecule has 0 aromatic heterocycles. The smallest absolute Gasteiger partial charge is 0.323 e. The van der Waals surface area contributed by atoms with Gasteiger partial charge in [-0.2, -0.15) is 0 Å². The van der Waals surface area contributed by atoms with E-state index in [-0.39, 0.29) is 18.5 Å². The lowest BCUT2D eigenvalue weighted by atomic mass is 9.86. The summed E-state index contributed by atoms with van der Waals surface area (Å²) in [7, 11) is 0. The first kappa shape index (κ1) is 15.3. The fourth-order valence-electron chi connectivity index (χ4n) is 3.73. The van der Waals surface area contributed by atoms with Crippen molar-refractivity contribution in [3.8, 4) is 0 Å². The van der Waals surface area contributed by atoms with E-state index in [1.165, 1.54) is 32.1 Å². The monoisotopic (exact) mass is 281 g/mol. The maximum Gasteiger partial charge on any atom is 0.323 e. The van der Waals surface area contributed by atoms with Crippen molar-refractivity contribution >= 4 is 11.9 Å². The van der Waals surface area contributed by atoms with E-state index in [9.17, 15) is 9.59 Å². The van der Waals surface area contributed by atoms with Crippen LogP contribution in [0.15, 0.2) is 0 Å². The second-order valence-corrected chi connectivity index (χ2v) is 6.40. The predicted molar refractivity (Wildman–Crippen MR) is 77.4 cm³/mol. The van der Waals surface area contributed by atoms with Crippen LogP contribution < -0.4 is 0 Å². The SMILES string of the molecule is O=C(O)CN(C(=O)CCC1CCCCC1)C1CCCC1. The van der Waals surface area contributed by atoms with Crippen molar-refractivity contribution in [1.29, 1.82) is 0 Å². The first-order valence-electron chi connectivity index (χ1n) is 8.18. The minimum atomic E-state index is -0.886. The standard InChI is InChI=1S/C16H27NO3/c18-15(11-10-13-6-2-1-3-7-13)17(12-16(19)20)14-8-4-5-9-14/h13-14H,1-12H2,(H,19,20). The minimum absolute atomic E-state index is 0.0601. The van der Waals surface area contributed by atoms with Crippen molar-refractivity contribution in [2.75, 3.05) is 6.54 Å². The average Bonchev–Trinajstić information content (AvgIpc) is 2.97. The number of carbonyl (C=O) groups is 2. The molecule has 1 N–H and O–H groups in total. The van der Waals surface area contributed by atoms with Gasteiger partial charge in [0.1, 0.15) is 6.54 Å². The van der Waals surface area contributed by atoms with Crippen molar-refractivity contribution in [2.24, 2.45) is 5.92 Å². The zero-order valence-electron chi connectivity index (χ0n) is 12.4. The second-order valence-electron chi connectivity index (χ2n) is 6.40. The number of carboxylic acids is 1. The van der Waals surface area contributed by atoms with Crippen LogP contribution in [0.4, 0.5) is 0 Å². The molecule has 0 aromatic carbocycles. The fourth-order valence-corrected chi connectivity index (χ4v) is 3.73. The highest BCUT2D eigenvalue weighted by atomic mass is 16.4. The number of nitrogens with zero attached hydrogens (tertiary/aromatic N) is 1. The zero-order chi connectivity index (χ0) is 14.4. The van der Waals surface area contributed by atoms with Crippen molar-refractivity contribution in [3.05, 3.63) is 0 Å². The topological polar surface area (TPSA) is 57.6 Å². The molecule has 0 unspecified atom stereocenters. The van der Waals surface area contributed by atoms with Gasteiger partial charge >= 0.3 is 5.97 Å². The molecule has 2 aliphatic rings. The Balaban J connectivity index is 1.83. The molecule has 2 rings (SSSR count). The molecule has 4 heteroatoms. The quantitative estimate of drug-likeness (QED) is 0.813. The predicted octanol–water partition coefficient (Wildman–Crippen LogP) is 3.20. The third-order valence-electron chi connectivity index (χ3n) is 4.88. The van der Waals surface area contributed by atoms with Gasteiger partial charge in [0, 0.05) is 12.5 Å². The first-order chi connectivity index (χ1) is 9.66. The van der Waals surface area contributed by atoms with Gasteiger partial charge in [0.05, 0.1) is 0 Å². The lowest BCUT2D eigenvalue weighted by molar-refractivity contribution is -0.146. The summed E-state index contributed by atoms with van der Waals surface area (Å²) in [5, 5.41) is 9.02. The van der Waals surface area contributed by atoms with E-state index in [1.807, 2.05) is 0 Å². The highest BCUT2D eigenvalue weighted by Gasteiger charge is 2.28. The average molecular weight is 281 g/mol. The summed E-state index contributed by atoms with van der Waals surface area (Å²) in [5.74, 6) is -0.143. The Hall–Kier alpha value is -1.06. The minimum Gasteiger partial charge on any atom is -0.480 e. The lowest BCUT2D eigenvalue weighted by Gasteiger charge is -2.28. The maximum atomic E-state index is 12.4. The third-order valence-corrected chi connectivity index (χ3v) is 4.88. The molecule has 0 atom stereocenters. The summed E-state index contributed by atoms with van der Waals surface area (Å²) in [4.78, 5) is 25.0. The van der Waals surface area contributed by atoms with Crippen LogP contribution in [0.1, 0.15) is 70.6 Å². The first-order valence-corrected chi connectivity index (χ1v) is 8.18. The van der Waals surface area contributed by atoms with Crippen LogP contribution in [0.25, 0.3) is 0 Å². The van der Waals surface area contributed by atoms with Crippen LogP contribution in [0.5, 0.6) is 0 Å². The molecule has 20 heavy (non-hydrogen) atoms. The fraction of sp³-hybridized carbons (Fsp3) is 0.875. The molecule has 4 nitrogen and oxygen atoms in total. The number of carboxylic acid groups (broad SMARTS) is 1. The second kappa shape index (κ2) is 7.65. The normalized spacial score (nSPS) is 21.0. The molecule has 0 bridgehead atoms. The van der Waals surface area contributed by atoms with Crippen molar-refractivity contribution in [2.45, 2.75) is 76.7 Å². The summed E-state index contributed by atoms with van der Waals surface area (Å²) in [6.45, 7) is -0.117. The van der Waals surface area contributed by atoms with Gasteiger partial charge in [-0.15, -0.1) is 0 Å². The van der Waals surface area contributed by atoms with Crippen molar-refractivity contribution in [1.82, 2.24) is 4.90 Å². The number of amides is 1. The molecule has 0 aliphatic heterocycles. The molecular formula is C16H27NO3. The van der Waals surface area contributed by atoms with Gasteiger partial charge in [0.25, 0.3) is 0 Å². The highest BCUT2D eigenvalue weighted by molar-refractivity contribution is 5.81. The van der Waals surface area contributed by atoms with Crippen LogP contribution in [-0.2, 0) is 9.59 Å². The molecule has 1 amide bonds. The van der Waals surface area contributed by atoms with Crippen LogP contribution >= 0.6 is 0 Å². The van der Waals surface area contributed by atoms with Gasteiger partial charge in [0.15, 0.2) is 0 Å². The number of rotatable bonds is 6. The van der Waals surface area contributed by atoms with E-state index >= 15 is 0 Å². The summed E-state index contributed by atoms with van der Waals surface area (Å²) >= 11 is 0. The molecule has 2 aliphatic carbocycles. The van der Waals surface area contributed by atoms with Crippen molar-refractivity contribution < 1.29 is 14.7 Å². The molecule has 0 saturated heterocycles. The van der Waals surface area contributed by atoms with Crippen LogP contribution in [0.3, 0.4) is 0 Å². The third kappa shape index (κ3) is 4.50. The van der Waals surface area contributed by atoms with Crippen LogP contribution in [-0.4, -0.2) is 34.5 Å². The molecule has 0 radical (unpaired) electrons. The molecule has 2 saturated carbocycles. The molecule has 114 valence electrons. The van der Waals surface area contributed by atoms with Gasteiger partial charge < -0.3 is 10.0 Å². The van der Waals surface area contributed by atoms with Crippen molar-refractivity contribution in [3.63, 3.8) is 0 Å². The Morgan fingerprint density at radius 1 is 0.950 bits per heavy atom. The Bertz CT molecular complexity index is 331.